The molecule has 21 heavy (non-hydrogen) atoms. The molecule has 4 nitrogen and oxygen atoms in total. The summed E-state index contributed by atoms with van der Waals surface area (Å²) >= 11 is 11.5. The predicted molar refractivity (Wildman–Crippen MR) is 79.2 cm³/mol. The van der Waals surface area contributed by atoms with Crippen molar-refractivity contribution >= 4 is 29.1 Å². The van der Waals surface area contributed by atoms with Crippen molar-refractivity contribution in [2.45, 2.75) is 13.3 Å². The maximum atomic E-state index is 13.0. The van der Waals surface area contributed by atoms with Crippen LogP contribution in [0, 0.1) is 12.7 Å². The number of rotatable bonds is 4. The normalized spacial score (nSPS) is 10.5. The van der Waals surface area contributed by atoms with Gasteiger partial charge in [-0.3, -0.25) is 4.79 Å². The van der Waals surface area contributed by atoms with Crippen LogP contribution in [0.1, 0.15) is 21.5 Å². The molecule has 0 spiro atoms. The van der Waals surface area contributed by atoms with E-state index in [9.17, 15) is 9.18 Å². The molecule has 0 saturated heterocycles. The van der Waals surface area contributed by atoms with Crippen LogP contribution >= 0.6 is 23.2 Å². The average Bonchev–Trinajstić information content (AvgIpc) is 2.43. The number of amides is 1. The molecular weight excluding hydrogens is 316 g/mol. The first-order valence-corrected chi connectivity index (χ1v) is 6.95. The van der Waals surface area contributed by atoms with Crippen molar-refractivity contribution in [3.63, 3.8) is 0 Å². The third kappa shape index (κ3) is 4.12. The molecule has 0 bridgehead atoms. The molecule has 1 amide bonds. The second-order valence-electron chi connectivity index (χ2n) is 4.45. The third-order valence-electron chi connectivity index (χ3n) is 2.95. The molecule has 0 atom stereocenters. The van der Waals surface area contributed by atoms with Crippen molar-refractivity contribution in [2.24, 2.45) is 0 Å². The highest BCUT2D eigenvalue weighted by Crippen LogP contribution is 2.15. The fourth-order valence-electron chi connectivity index (χ4n) is 1.86. The van der Waals surface area contributed by atoms with E-state index in [4.69, 9.17) is 23.2 Å². The van der Waals surface area contributed by atoms with Gasteiger partial charge in [0.05, 0.1) is 5.56 Å². The maximum Gasteiger partial charge on any atom is 0.254 e. The van der Waals surface area contributed by atoms with Crippen LogP contribution in [-0.4, -0.2) is 22.6 Å². The van der Waals surface area contributed by atoms with Gasteiger partial charge in [-0.1, -0.05) is 29.3 Å². The van der Waals surface area contributed by atoms with Crippen molar-refractivity contribution in [3.8, 4) is 0 Å². The minimum Gasteiger partial charge on any atom is -0.352 e. The first-order chi connectivity index (χ1) is 9.97. The Morgan fingerprint density at radius 2 is 2.05 bits per heavy atom. The Kier molecular flexibility index (Phi) is 5.09. The lowest BCUT2D eigenvalue weighted by Crippen LogP contribution is -2.26. The second-order valence-corrected chi connectivity index (χ2v) is 5.19. The summed E-state index contributed by atoms with van der Waals surface area (Å²) in [6, 6.07) is 5.91. The van der Waals surface area contributed by atoms with Crippen LogP contribution in [0.15, 0.2) is 24.3 Å². The molecular formula is C14H12Cl2FN3O. The summed E-state index contributed by atoms with van der Waals surface area (Å²) in [5.74, 6) is -0.652. The number of carbonyl (C=O) groups excluding carboxylic acids is 1. The summed E-state index contributed by atoms with van der Waals surface area (Å²) in [6.07, 6.45) is 0.585. The fourth-order valence-corrected chi connectivity index (χ4v) is 2.18. The maximum absolute atomic E-state index is 13.0. The number of nitrogens with zero attached hydrogens (tertiary/aromatic N) is 2. The number of nitrogens with one attached hydrogen (secondary N) is 1. The zero-order valence-corrected chi connectivity index (χ0v) is 12.7. The molecule has 1 aromatic carbocycles. The van der Waals surface area contributed by atoms with Gasteiger partial charge in [-0.05, 0) is 42.7 Å². The van der Waals surface area contributed by atoms with Crippen LogP contribution in [0.5, 0.6) is 0 Å². The van der Waals surface area contributed by atoms with Crippen molar-refractivity contribution in [1.29, 1.82) is 0 Å². The second kappa shape index (κ2) is 6.83. The number of benzene rings is 1. The van der Waals surface area contributed by atoms with Crippen LogP contribution in [0.3, 0.4) is 0 Å². The van der Waals surface area contributed by atoms with Gasteiger partial charge in [0.1, 0.15) is 5.82 Å². The lowest BCUT2D eigenvalue weighted by molar-refractivity contribution is 0.0953. The molecule has 2 rings (SSSR count). The Morgan fingerprint density at radius 3 is 2.76 bits per heavy atom. The van der Waals surface area contributed by atoms with Gasteiger partial charge in [0.15, 0.2) is 10.3 Å². The molecule has 0 unspecified atom stereocenters. The third-order valence-corrected chi connectivity index (χ3v) is 3.41. The van der Waals surface area contributed by atoms with Gasteiger partial charge < -0.3 is 5.32 Å². The molecule has 1 heterocycles. The Labute approximate surface area is 131 Å². The molecule has 0 aliphatic rings. The lowest BCUT2D eigenvalue weighted by Gasteiger charge is -2.08. The first kappa shape index (κ1) is 15.7. The van der Waals surface area contributed by atoms with Crippen molar-refractivity contribution in [1.82, 2.24) is 15.5 Å². The lowest BCUT2D eigenvalue weighted by atomic mass is 10.1. The number of hydrogen-bond donors (Lipinski definition) is 1. The highest BCUT2D eigenvalue weighted by molar-refractivity contribution is 6.34. The minimum atomic E-state index is -0.378. The van der Waals surface area contributed by atoms with Crippen molar-refractivity contribution < 1.29 is 9.18 Å². The molecule has 110 valence electrons. The Bertz CT molecular complexity index is 679. The van der Waals surface area contributed by atoms with Gasteiger partial charge in [-0.15, -0.1) is 10.2 Å². The van der Waals surface area contributed by atoms with Crippen LogP contribution in [-0.2, 0) is 6.42 Å². The minimum absolute atomic E-state index is 0.00476. The quantitative estimate of drug-likeness (QED) is 0.938. The summed E-state index contributed by atoms with van der Waals surface area (Å²) in [7, 11) is 0. The number of aryl methyl sites for hydroxylation is 1. The summed E-state index contributed by atoms with van der Waals surface area (Å²) in [5, 5.41) is 9.91. The molecule has 0 aliphatic heterocycles. The summed E-state index contributed by atoms with van der Waals surface area (Å²) in [5.41, 5.74) is 1.98. The topological polar surface area (TPSA) is 54.9 Å². The van der Waals surface area contributed by atoms with Crippen LogP contribution in [0.2, 0.25) is 10.3 Å². The average molecular weight is 328 g/mol. The van der Waals surface area contributed by atoms with E-state index in [0.29, 0.717) is 13.0 Å². The van der Waals surface area contributed by atoms with E-state index in [0.717, 1.165) is 11.1 Å². The Morgan fingerprint density at radius 1 is 1.29 bits per heavy atom. The zero-order valence-electron chi connectivity index (χ0n) is 11.2. The standard InChI is InChI=1S/C14H12Cl2FN3O/c1-8-6-10(17)3-2-9(8)4-5-18-14(21)11-7-12(15)19-20-13(11)16/h2-3,6-7H,4-5H2,1H3,(H,18,21). The molecule has 0 saturated carbocycles. The van der Waals surface area contributed by atoms with Gasteiger partial charge in [0, 0.05) is 6.54 Å². The number of halogens is 3. The zero-order chi connectivity index (χ0) is 15.4. The van der Waals surface area contributed by atoms with E-state index in [-0.39, 0.29) is 27.6 Å². The van der Waals surface area contributed by atoms with Gasteiger partial charge in [0.25, 0.3) is 5.91 Å². The van der Waals surface area contributed by atoms with Crippen molar-refractivity contribution in [3.05, 3.63) is 57.1 Å². The van der Waals surface area contributed by atoms with E-state index in [1.54, 1.807) is 6.07 Å². The summed E-state index contributed by atoms with van der Waals surface area (Å²) in [6.45, 7) is 2.21. The Hall–Kier alpha value is -1.72. The largest absolute Gasteiger partial charge is 0.352 e. The van der Waals surface area contributed by atoms with Gasteiger partial charge in [-0.2, -0.15) is 0 Å². The van der Waals surface area contributed by atoms with Crippen molar-refractivity contribution in [2.75, 3.05) is 6.54 Å². The molecule has 2 aromatic rings. The first-order valence-electron chi connectivity index (χ1n) is 6.19. The molecule has 1 N–H and O–H groups in total. The fraction of sp³-hybridized carbons (Fsp3) is 0.214. The van der Waals surface area contributed by atoms with Gasteiger partial charge in [0.2, 0.25) is 0 Å². The highest BCUT2D eigenvalue weighted by atomic mass is 35.5. The Balaban J connectivity index is 1.97. The van der Waals surface area contributed by atoms with E-state index >= 15 is 0 Å². The molecule has 0 fully saturated rings. The van der Waals surface area contributed by atoms with E-state index in [2.05, 4.69) is 15.5 Å². The summed E-state index contributed by atoms with van der Waals surface area (Å²) in [4.78, 5) is 12.0. The monoisotopic (exact) mass is 327 g/mol. The predicted octanol–water partition coefficient (Wildman–Crippen LogP) is 3.20. The van der Waals surface area contributed by atoms with E-state index < -0.39 is 0 Å². The van der Waals surface area contributed by atoms with Crippen LogP contribution < -0.4 is 5.32 Å². The van der Waals surface area contributed by atoms with E-state index in [1.807, 2.05) is 6.92 Å². The molecule has 1 aromatic heterocycles. The van der Waals surface area contributed by atoms with Crippen LogP contribution in [0.4, 0.5) is 4.39 Å². The summed E-state index contributed by atoms with van der Waals surface area (Å²) < 4.78 is 13.0. The number of aromatic nitrogens is 2. The van der Waals surface area contributed by atoms with E-state index in [1.165, 1.54) is 18.2 Å². The van der Waals surface area contributed by atoms with Gasteiger partial charge >= 0.3 is 0 Å². The molecule has 0 aliphatic carbocycles. The van der Waals surface area contributed by atoms with Gasteiger partial charge in [-0.25, -0.2) is 4.39 Å². The highest BCUT2D eigenvalue weighted by Gasteiger charge is 2.12. The smallest absolute Gasteiger partial charge is 0.254 e. The molecule has 7 heteroatoms. The van der Waals surface area contributed by atoms with Crippen LogP contribution in [0.25, 0.3) is 0 Å². The SMILES string of the molecule is Cc1cc(F)ccc1CCNC(=O)c1cc(Cl)nnc1Cl. The number of hydrogen-bond acceptors (Lipinski definition) is 3. The number of carbonyl (C=O) groups is 1. The molecule has 0 radical (unpaired) electrons.